The molecule has 0 radical (unpaired) electrons. The third-order valence-corrected chi connectivity index (χ3v) is 3.65. The summed E-state index contributed by atoms with van der Waals surface area (Å²) in [6.45, 7) is 7.71. The van der Waals surface area contributed by atoms with E-state index in [1.807, 2.05) is 12.1 Å². The zero-order valence-electron chi connectivity index (χ0n) is 9.91. The molecule has 2 unspecified atom stereocenters. The van der Waals surface area contributed by atoms with E-state index in [1.54, 1.807) is 0 Å². The number of hydrogen-bond donors (Lipinski definition) is 1. The lowest BCUT2D eigenvalue weighted by atomic mass is 10.1. The molecule has 2 nitrogen and oxygen atoms in total. The molecule has 1 aromatic rings. The van der Waals surface area contributed by atoms with Crippen LogP contribution < -0.4 is 5.32 Å². The van der Waals surface area contributed by atoms with Crippen molar-refractivity contribution in [2.75, 3.05) is 19.6 Å². The highest BCUT2D eigenvalue weighted by molar-refractivity contribution is 6.31. The van der Waals surface area contributed by atoms with E-state index in [2.05, 4.69) is 36.2 Å². The highest BCUT2D eigenvalue weighted by Gasteiger charge is 2.22. The molecule has 1 aliphatic rings. The molecule has 1 N–H and O–H groups in total. The van der Waals surface area contributed by atoms with Crippen molar-refractivity contribution < 1.29 is 0 Å². The lowest BCUT2D eigenvalue weighted by Crippen LogP contribution is -2.49. The summed E-state index contributed by atoms with van der Waals surface area (Å²) in [6.07, 6.45) is 0. The fraction of sp³-hybridized carbons (Fsp3) is 0.538. The van der Waals surface area contributed by atoms with Crippen LogP contribution in [0.1, 0.15) is 25.5 Å². The number of nitrogens with one attached hydrogen (secondary N) is 1. The van der Waals surface area contributed by atoms with Crippen LogP contribution in [0.3, 0.4) is 0 Å². The van der Waals surface area contributed by atoms with Crippen LogP contribution in [0.2, 0.25) is 5.02 Å². The molecule has 1 heterocycles. The first-order chi connectivity index (χ1) is 7.68. The van der Waals surface area contributed by atoms with Crippen LogP contribution in [0.5, 0.6) is 0 Å². The Kier molecular flexibility index (Phi) is 3.85. The Morgan fingerprint density at radius 1 is 1.44 bits per heavy atom. The van der Waals surface area contributed by atoms with E-state index in [4.69, 9.17) is 11.6 Å². The molecular weight excluding hydrogens is 220 g/mol. The van der Waals surface area contributed by atoms with Crippen molar-refractivity contribution in [3.63, 3.8) is 0 Å². The average Bonchev–Trinajstić information content (AvgIpc) is 2.29. The standard InChI is InChI=1S/C13H19ClN2/c1-10-9-16(8-7-15-10)11(2)12-5-3-4-6-13(12)14/h3-6,10-11,15H,7-9H2,1-2H3. The topological polar surface area (TPSA) is 15.3 Å². The van der Waals surface area contributed by atoms with Crippen molar-refractivity contribution in [1.29, 1.82) is 0 Å². The first-order valence-electron chi connectivity index (χ1n) is 5.90. The average molecular weight is 239 g/mol. The number of hydrogen-bond acceptors (Lipinski definition) is 2. The molecule has 0 amide bonds. The molecule has 1 fully saturated rings. The monoisotopic (exact) mass is 238 g/mol. The molecule has 0 spiro atoms. The van der Waals surface area contributed by atoms with E-state index < -0.39 is 0 Å². The Hall–Kier alpha value is -0.570. The molecule has 2 atom stereocenters. The Morgan fingerprint density at radius 2 is 2.19 bits per heavy atom. The minimum atomic E-state index is 0.401. The molecule has 0 bridgehead atoms. The molecule has 88 valence electrons. The van der Waals surface area contributed by atoms with Gasteiger partial charge in [0.2, 0.25) is 0 Å². The van der Waals surface area contributed by atoms with Gasteiger partial charge in [0.05, 0.1) is 0 Å². The van der Waals surface area contributed by atoms with Gasteiger partial charge in [-0.2, -0.15) is 0 Å². The van der Waals surface area contributed by atoms with Crippen molar-refractivity contribution in [2.45, 2.75) is 25.9 Å². The Labute approximate surface area is 103 Å². The smallest absolute Gasteiger partial charge is 0.0453 e. The van der Waals surface area contributed by atoms with Gasteiger partial charge in [-0.25, -0.2) is 0 Å². The van der Waals surface area contributed by atoms with Crippen LogP contribution in [-0.2, 0) is 0 Å². The first-order valence-corrected chi connectivity index (χ1v) is 6.28. The van der Waals surface area contributed by atoms with Crippen LogP contribution in [-0.4, -0.2) is 30.6 Å². The van der Waals surface area contributed by atoms with E-state index in [0.29, 0.717) is 12.1 Å². The third kappa shape index (κ3) is 2.57. The first kappa shape index (κ1) is 11.9. The molecule has 1 aromatic carbocycles. The van der Waals surface area contributed by atoms with Crippen LogP contribution in [0, 0.1) is 0 Å². The minimum Gasteiger partial charge on any atom is -0.312 e. The largest absolute Gasteiger partial charge is 0.312 e. The lowest BCUT2D eigenvalue weighted by molar-refractivity contribution is 0.159. The SMILES string of the molecule is CC1CN(C(C)c2ccccc2Cl)CCN1. The molecule has 0 aromatic heterocycles. The molecule has 0 saturated carbocycles. The fourth-order valence-corrected chi connectivity index (χ4v) is 2.62. The van der Waals surface area contributed by atoms with Gasteiger partial charge in [0, 0.05) is 36.7 Å². The van der Waals surface area contributed by atoms with Gasteiger partial charge >= 0.3 is 0 Å². The van der Waals surface area contributed by atoms with E-state index in [1.165, 1.54) is 5.56 Å². The van der Waals surface area contributed by atoms with Crippen LogP contribution in [0.4, 0.5) is 0 Å². The van der Waals surface area contributed by atoms with Gasteiger partial charge in [-0.15, -0.1) is 0 Å². The number of benzene rings is 1. The lowest BCUT2D eigenvalue weighted by Gasteiger charge is -2.36. The van der Waals surface area contributed by atoms with Crippen LogP contribution in [0.15, 0.2) is 24.3 Å². The molecule has 16 heavy (non-hydrogen) atoms. The summed E-state index contributed by atoms with van der Waals surface area (Å²) >= 11 is 6.23. The van der Waals surface area contributed by atoms with E-state index in [0.717, 1.165) is 24.7 Å². The van der Waals surface area contributed by atoms with Gasteiger partial charge in [-0.3, -0.25) is 4.90 Å². The Balaban J connectivity index is 2.12. The van der Waals surface area contributed by atoms with E-state index in [-0.39, 0.29) is 0 Å². The summed E-state index contributed by atoms with van der Waals surface area (Å²) in [5, 5.41) is 4.33. The molecule has 1 aliphatic heterocycles. The summed E-state index contributed by atoms with van der Waals surface area (Å²) < 4.78 is 0. The van der Waals surface area contributed by atoms with Gasteiger partial charge in [0.25, 0.3) is 0 Å². The third-order valence-electron chi connectivity index (χ3n) is 3.30. The van der Waals surface area contributed by atoms with Gasteiger partial charge in [-0.1, -0.05) is 29.8 Å². The Morgan fingerprint density at radius 3 is 2.88 bits per heavy atom. The van der Waals surface area contributed by atoms with Crippen molar-refractivity contribution in [3.8, 4) is 0 Å². The number of halogens is 1. The minimum absolute atomic E-state index is 0.401. The summed E-state index contributed by atoms with van der Waals surface area (Å²) in [5.74, 6) is 0. The summed E-state index contributed by atoms with van der Waals surface area (Å²) in [6, 6.07) is 9.11. The zero-order valence-corrected chi connectivity index (χ0v) is 10.7. The van der Waals surface area contributed by atoms with Crippen molar-refractivity contribution in [2.24, 2.45) is 0 Å². The summed E-state index contributed by atoms with van der Waals surface area (Å²) in [7, 11) is 0. The second-order valence-electron chi connectivity index (χ2n) is 4.55. The molecule has 2 rings (SSSR count). The van der Waals surface area contributed by atoms with Crippen LogP contribution >= 0.6 is 11.6 Å². The molecule has 3 heteroatoms. The van der Waals surface area contributed by atoms with E-state index >= 15 is 0 Å². The Bertz CT molecular complexity index is 354. The number of piperazine rings is 1. The fourth-order valence-electron chi connectivity index (χ4n) is 2.32. The maximum absolute atomic E-state index is 6.23. The van der Waals surface area contributed by atoms with Crippen LogP contribution in [0.25, 0.3) is 0 Å². The zero-order chi connectivity index (χ0) is 11.5. The normalized spacial score (nSPS) is 24.3. The van der Waals surface area contributed by atoms with Gasteiger partial charge in [-0.05, 0) is 25.5 Å². The van der Waals surface area contributed by atoms with Crippen molar-refractivity contribution >= 4 is 11.6 Å². The summed E-state index contributed by atoms with van der Waals surface area (Å²) in [5.41, 5.74) is 1.23. The number of rotatable bonds is 2. The molecule has 0 aliphatic carbocycles. The van der Waals surface area contributed by atoms with E-state index in [9.17, 15) is 0 Å². The van der Waals surface area contributed by atoms with Crippen molar-refractivity contribution in [3.05, 3.63) is 34.9 Å². The maximum atomic E-state index is 6.23. The maximum Gasteiger partial charge on any atom is 0.0453 e. The predicted molar refractivity (Wildman–Crippen MR) is 68.9 cm³/mol. The summed E-state index contributed by atoms with van der Waals surface area (Å²) in [4.78, 5) is 2.49. The predicted octanol–water partition coefficient (Wildman–Crippen LogP) is 2.69. The highest BCUT2D eigenvalue weighted by Crippen LogP contribution is 2.27. The second-order valence-corrected chi connectivity index (χ2v) is 4.95. The van der Waals surface area contributed by atoms with Crippen molar-refractivity contribution in [1.82, 2.24) is 10.2 Å². The molecule has 1 saturated heterocycles. The van der Waals surface area contributed by atoms with Gasteiger partial charge in [0.1, 0.15) is 0 Å². The molecular formula is C13H19ClN2. The quantitative estimate of drug-likeness (QED) is 0.853. The second kappa shape index (κ2) is 5.17. The highest BCUT2D eigenvalue weighted by atomic mass is 35.5. The number of nitrogens with zero attached hydrogens (tertiary/aromatic N) is 1. The van der Waals surface area contributed by atoms with Gasteiger partial charge < -0.3 is 5.32 Å². The van der Waals surface area contributed by atoms with Gasteiger partial charge in [0.15, 0.2) is 0 Å².